The molecule has 1 fully saturated rings. The Balaban J connectivity index is 1.63. The van der Waals surface area contributed by atoms with Crippen LogP contribution in [-0.2, 0) is 13.6 Å². The molecule has 0 aliphatic heterocycles. The van der Waals surface area contributed by atoms with E-state index in [1.807, 2.05) is 50.4 Å². The molecule has 0 saturated heterocycles. The van der Waals surface area contributed by atoms with Gasteiger partial charge in [0.2, 0.25) is 0 Å². The summed E-state index contributed by atoms with van der Waals surface area (Å²) in [6.07, 6.45) is 3.98. The highest BCUT2D eigenvalue weighted by Gasteiger charge is 2.30. The number of carbonyl (C=O) groups excluding carboxylic acids is 1. The van der Waals surface area contributed by atoms with E-state index in [1.54, 1.807) is 0 Å². The van der Waals surface area contributed by atoms with E-state index in [-0.39, 0.29) is 23.1 Å². The zero-order chi connectivity index (χ0) is 23.0. The molecule has 0 amide bonds. The molecule has 0 atom stereocenters. The lowest BCUT2D eigenvalue weighted by molar-refractivity contribution is 0.102. The van der Waals surface area contributed by atoms with E-state index in [0.29, 0.717) is 12.6 Å². The Bertz CT molecular complexity index is 1270. The Morgan fingerprint density at radius 3 is 2.53 bits per heavy atom. The summed E-state index contributed by atoms with van der Waals surface area (Å²) in [5.41, 5.74) is 6.93. The van der Waals surface area contributed by atoms with Crippen molar-refractivity contribution in [2.45, 2.75) is 44.4 Å². The quantitative estimate of drug-likeness (QED) is 0.415. The topological polar surface area (TPSA) is 105 Å². The number of nitrogens with zero attached hydrogens (tertiary/aromatic N) is 4. The lowest BCUT2D eigenvalue weighted by atomic mass is 10.2. The third-order valence-corrected chi connectivity index (χ3v) is 6.45. The third kappa shape index (κ3) is 4.17. The second-order valence-electron chi connectivity index (χ2n) is 8.52. The van der Waals surface area contributed by atoms with Crippen LogP contribution in [0.3, 0.4) is 0 Å². The molecule has 168 valence electrons. The van der Waals surface area contributed by atoms with Crippen molar-refractivity contribution in [1.29, 1.82) is 0 Å². The van der Waals surface area contributed by atoms with Crippen LogP contribution in [0.4, 0.5) is 5.82 Å². The van der Waals surface area contributed by atoms with E-state index in [9.17, 15) is 14.4 Å². The minimum Gasteiger partial charge on any atom is -0.384 e. The van der Waals surface area contributed by atoms with Crippen molar-refractivity contribution in [3.63, 3.8) is 0 Å². The number of benzene rings is 1. The lowest BCUT2D eigenvalue weighted by Gasteiger charge is -2.16. The molecular weight excluding hydrogens is 426 g/mol. The van der Waals surface area contributed by atoms with E-state index >= 15 is 0 Å². The van der Waals surface area contributed by atoms with Gasteiger partial charge in [-0.1, -0.05) is 55.9 Å². The Morgan fingerprint density at radius 1 is 1.22 bits per heavy atom. The molecule has 0 spiro atoms. The number of imidazole rings is 1. The summed E-state index contributed by atoms with van der Waals surface area (Å²) >= 11 is 1.29. The minimum atomic E-state index is -0.659. The van der Waals surface area contributed by atoms with Gasteiger partial charge in [-0.15, -0.1) is 0 Å². The van der Waals surface area contributed by atoms with E-state index < -0.39 is 17.0 Å². The first-order valence-electron chi connectivity index (χ1n) is 10.7. The molecule has 8 nitrogen and oxygen atoms in total. The molecule has 0 bridgehead atoms. The standard InChI is InChI=1S/C23H27N5O3S/c1-14(2)12-27-20(24)19(21(30)26(3)23(27)31)18(29)13-32-22-25-11-17(28(22)16-9-10-16)15-7-5-4-6-8-15/h4-8,11,14,16H,9-10,12-13,24H2,1-3H3. The molecule has 1 aromatic carbocycles. The van der Waals surface area contributed by atoms with Crippen LogP contribution in [-0.4, -0.2) is 30.2 Å². The van der Waals surface area contributed by atoms with Gasteiger partial charge in [-0.2, -0.15) is 0 Å². The summed E-state index contributed by atoms with van der Waals surface area (Å²) in [4.78, 5) is 42.8. The number of thioether (sulfide) groups is 1. The van der Waals surface area contributed by atoms with E-state index in [4.69, 9.17) is 5.73 Å². The molecule has 3 aromatic rings. The summed E-state index contributed by atoms with van der Waals surface area (Å²) in [6.45, 7) is 4.21. The third-order valence-electron chi connectivity index (χ3n) is 5.49. The van der Waals surface area contributed by atoms with Crippen molar-refractivity contribution < 1.29 is 4.79 Å². The maximum Gasteiger partial charge on any atom is 0.332 e. The van der Waals surface area contributed by atoms with Crippen LogP contribution in [0.2, 0.25) is 0 Å². The first-order valence-corrected chi connectivity index (χ1v) is 11.7. The fourth-order valence-corrected chi connectivity index (χ4v) is 4.67. The van der Waals surface area contributed by atoms with Gasteiger partial charge in [-0.25, -0.2) is 9.78 Å². The predicted octanol–water partition coefficient (Wildman–Crippen LogP) is 2.96. The highest BCUT2D eigenvalue weighted by molar-refractivity contribution is 7.99. The van der Waals surface area contributed by atoms with Crippen LogP contribution in [0.5, 0.6) is 0 Å². The number of aromatic nitrogens is 4. The maximum absolute atomic E-state index is 13.1. The zero-order valence-corrected chi connectivity index (χ0v) is 19.3. The SMILES string of the molecule is CC(C)Cn1c(N)c(C(=O)CSc2ncc(-c3ccccc3)n2C2CC2)c(=O)n(C)c1=O. The number of anilines is 1. The normalized spacial score (nSPS) is 13.6. The first-order chi connectivity index (χ1) is 15.3. The molecule has 1 aliphatic rings. The second-order valence-corrected chi connectivity index (χ2v) is 9.46. The maximum atomic E-state index is 13.1. The van der Waals surface area contributed by atoms with E-state index in [1.165, 1.54) is 23.4 Å². The molecule has 2 aromatic heterocycles. The lowest BCUT2D eigenvalue weighted by Crippen LogP contribution is -2.43. The number of hydrogen-bond acceptors (Lipinski definition) is 6. The summed E-state index contributed by atoms with van der Waals surface area (Å²) in [5.74, 6) is -0.325. The molecule has 0 unspecified atom stereocenters. The Kier molecular flexibility index (Phi) is 6.10. The molecule has 0 radical (unpaired) electrons. The number of nitrogens with two attached hydrogens (primary N) is 1. The number of carbonyl (C=O) groups is 1. The molecule has 2 heterocycles. The van der Waals surface area contributed by atoms with Gasteiger partial charge in [0, 0.05) is 19.6 Å². The summed E-state index contributed by atoms with van der Waals surface area (Å²) in [6, 6.07) is 10.4. The fraction of sp³-hybridized carbons (Fsp3) is 0.391. The van der Waals surface area contributed by atoms with Gasteiger partial charge >= 0.3 is 5.69 Å². The van der Waals surface area contributed by atoms with Crippen molar-refractivity contribution in [2.75, 3.05) is 11.5 Å². The Morgan fingerprint density at radius 2 is 1.91 bits per heavy atom. The van der Waals surface area contributed by atoms with Crippen LogP contribution in [0.15, 0.2) is 51.3 Å². The van der Waals surface area contributed by atoms with Gasteiger partial charge in [-0.05, 0) is 24.3 Å². The van der Waals surface area contributed by atoms with Gasteiger partial charge in [0.25, 0.3) is 5.56 Å². The molecule has 4 rings (SSSR count). The van der Waals surface area contributed by atoms with Crippen molar-refractivity contribution in [2.24, 2.45) is 13.0 Å². The van der Waals surface area contributed by atoms with Crippen molar-refractivity contribution in [3.8, 4) is 11.3 Å². The fourth-order valence-electron chi connectivity index (χ4n) is 3.75. The highest BCUT2D eigenvalue weighted by Crippen LogP contribution is 2.41. The van der Waals surface area contributed by atoms with Crippen LogP contribution >= 0.6 is 11.8 Å². The van der Waals surface area contributed by atoms with Gasteiger partial charge in [-0.3, -0.25) is 18.7 Å². The number of nitrogen functional groups attached to an aromatic ring is 1. The highest BCUT2D eigenvalue weighted by atomic mass is 32.2. The predicted molar refractivity (Wildman–Crippen MR) is 126 cm³/mol. The van der Waals surface area contributed by atoms with Crippen LogP contribution in [0.25, 0.3) is 11.3 Å². The van der Waals surface area contributed by atoms with Crippen LogP contribution in [0.1, 0.15) is 43.1 Å². The van der Waals surface area contributed by atoms with E-state index in [2.05, 4.69) is 9.55 Å². The van der Waals surface area contributed by atoms with Crippen molar-refractivity contribution in [1.82, 2.24) is 18.7 Å². The number of ketones is 1. The first kappa shape index (κ1) is 22.1. The average molecular weight is 454 g/mol. The second kappa shape index (κ2) is 8.82. The van der Waals surface area contributed by atoms with Gasteiger partial charge in [0.1, 0.15) is 11.4 Å². The van der Waals surface area contributed by atoms with E-state index in [0.717, 1.165) is 33.8 Å². The average Bonchev–Trinajstić information content (AvgIpc) is 3.53. The Labute approximate surface area is 190 Å². The minimum absolute atomic E-state index is 0.0112. The van der Waals surface area contributed by atoms with Crippen LogP contribution in [0, 0.1) is 5.92 Å². The summed E-state index contributed by atoms with van der Waals surface area (Å²) < 4.78 is 4.44. The largest absolute Gasteiger partial charge is 0.384 e. The number of Topliss-reactive ketones (excluding diaryl/α,β-unsaturated/α-hetero) is 1. The van der Waals surface area contributed by atoms with Crippen LogP contribution < -0.4 is 17.0 Å². The molecule has 1 saturated carbocycles. The summed E-state index contributed by atoms with van der Waals surface area (Å²) in [5, 5.41) is 0.741. The van der Waals surface area contributed by atoms with Crippen molar-refractivity contribution in [3.05, 3.63) is 62.9 Å². The monoisotopic (exact) mass is 453 g/mol. The Hall–Kier alpha value is -3.07. The molecular formula is C23H27N5O3S. The van der Waals surface area contributed by atoms with Crippen molar-refractivity contribution >= 4 is 23.4 Å². The molecule has 9 heteroatoms. The van der Waals surface area contributed by atoms with Gasteiger partial charge in [0.15, 0.2) is 10.9 Å². The summed E-state index contributed by atoms with van der Waals surface area (Å²) in [7, 11) is 1.37. The molecule has 1 aliphatic carbocycles. The van der Waals surface area contributed by atoms with Gasteiger partial charge in [0.05, 0.1) is 17.6 Å². The van der Waals surface area contributed by atoms with Gasteiger partial charge < -0.3 is 10.3 Å². The molecule has 32 heavy (non-hydrogen) atoms. The number of rotatable bonds is 8. The zero-order valence-electron chi connectivity index (χ0n) is 18.4. The number of hydrogen-bond donors (Lipinski definition) is 1. The molecule has 2 N–H and O–H groups in total. The smallest absolute Gasteiger partial charge is 0.332 e.